The van der Waals surface area contributed by atoms with Gasteiger partial charge in [0.1, 0.15) is 0 Å². The fourth-order valence-corrected chi connectivity index (χ4v) is 3.16. The molecule has 0 radical (unpaired) electrons. The molecule has 1 atom stereocenters. The predicted octanol–water partition coefficient (Wildman–Crippen LogP) is 2.03. The molecule has 1 aliphatic heterocycles. The van der Waals surface area contributed by atoms with Crippen LogP contribution in [0, 0.1) is 6.92 Å². The number of nitrogens with one attached hydrogen (secondary N) is 3. The topological polar surface area (TPSA) is 104 Å². The molecule has 2 aromatic heterocycles. The van der Waals surface area contributed by atoms with Gasteiger partial charge in [-0.3, -0.25) is 19.9 Å². The summed E-state index contributed by atoms with van der Waals surface area (Å²) in [6.45, 7) is 1.84. The molecule has 1 unspecified atom stereocenters. The van der Waals surface area contributed by atoms with Crippen molar-refractivity contribution < 1.29 is 4.74 Å². The first-order chi connectivity index (χ1) is 11.1. The Hall–Kier alpha value is -2.80. The van der Waals surface area contributed by atoms with E-state index in [0.29, 0.717) is 16.5 Å². The van der Waals surface area contributed by atoms with E-state index in [4.69, 9.17) is 16.3 Å². The Balaban J connectivity index is 2.09. The standard InChI is InChI=1S/C15H11ClN4O3/c1-6-9-10(7-4-2-3-5-8(7)16)11-12(21)17-15(22)18-13(11)23-14(9)20-19-6/h2-5,10H,1H3,(H,19,20)(H2,17,18,21,22). The van der Waals surface area contributed by atoms with Crippen LogP contribution in [0.1, 0.15) is 28.3 Å². The van der Waals surface area contributed by atoms with Crippen LogP contribution in [0.25, 0.3) is 0 Å². The molecule has 1 aromatic carbocycles. The van der Waals surface area contributed by atoms with E-state index in [2.05, 4.69) is 20.2 Å². The van der Waals surface area contributed by atoms with Crippen molar-refractivity contribution in [1.82, 2.24) is 20.2 Å². The van der Waals surface area contributed by atoms with Gasteiger partial charge < -0.3 is 4.74 Å². The number of H-pyrrole nitrogens is 3. The lowest BCUT2D eigenvalue weighted by Gasteiger charge is -2.25. The van der Waals surface area contributed by atoms with Crippen LogP contribution in [0.5, 0.6) is 11.8 Å². The quantitative estimate of drug-likeness (QED) is 0.496. The summed E-state index contributed by atoms with van der Waals surface area (Å²) in [5, 5.41) is 7.46. The van der Waals surface area contributed by atoms with Gasteiger partial charge in [-0.25, -0.2) is 4.79 Å². The fraction of sp³-hybridized carbons (Fsp3) is 0.133. The van der Waals surface area contributed by atoms with Crippen molar-refractivity contribution in [2.75, 3.05) is 0 Å². The summed E-state index contributed by atoms with van der Waals surface area (Å²) < 4.78 is 5.59. The van der Waals surface area contributed by atoms with Crippen LogP contribution in [-0.4, -0.2) is 20.2 Å². The summed E-state index contributed by atoms with van der Waals surface area (Å²) in [4.78, 5) is 28.7. The largest absolute Gasteiger partial charge is 0.420 e. The average molecular weight is 331 g/mol. The molecular weight excluding hydrogens is 320 g/mol. The van der Waals surface area contributed by atoms with E-state index < -0.39 is 17.2 Å². The van der Waals surface area contributed by atoms with Gasteiger partial charge in [-0.1, -0.05) is 29.8 Å². The molecule has 0 amide bonds. The number of benzene rings is 1. The maximum atomic E-state index is 12.4. The molecule has 0 saturated carbocycles. The van der Waals surface area contributed by atoms with Crippen LogP contribution in [-0.2, 0) is 0 Å². The van der Waals surface area contributed by atoms with Crippen molar-refractivity contribution in [3.63, 3.8) is 0 Å². The van der Waals surface area contributed by atoms with Gasteiger partial charge in [0.15, 0.2) is 0 Å². The van der Waals surface area contributed by atoms with Crippen LogP contribution in [0.2, 0.25) is 5.02 Å². The van der Waals surface area contributed by atoms with E-state index >= 15 is 0 Å². The molecule has 0 aliphatic carbocycles. The highest BCUT2D eigenvalue weighted by Crippen LogP contribution is 2.46. The molecule has 7 nitrogen and oxygen atoms in total. The number of hydrogen-bond donors (Lipinski definition) is 3. The van der Waals surface area contributed by atoms with Crippen molar-refractivity contribution in [3.8, 4) is 11.8 Å². The van der Waals surface area contributed by atoms with E-state index in [9.17, 15) is 9.59 Å². The van der Waals surface area contributed by atoms with Gasteiger partial charge in [-0.2, -0.15) is 0 Å². The predicted molar refractivity (Wildman–Crippen MR) is 83.5 cm³/mol. The molecule has 0 fully saturated rings. The number of ether oxygens (including phenoxy) is 1. The number of halogens is 1. The van der Waals surface area contributed by atoms with Crippen molar-refractivity contribution in [1.29, 1.82) is 0 Å². The van der Waals surface area contributed by atoms with Gasteiger partial charge in [-0.15, -0.1) is 5.10 Å². The number of aryl methyl sites for hydroxylation is 1. The lowest BCUT2D eigenvalue weighted by molar-refractivity contribution is 0.412. The van der Waals surface area contributed by atoms with Gasteiger partial charge in [0, 0.05) is 16.3 Å². The minimum Gasteiger partial charge on any atom is -0.420 e. The first kappa shape index (κ1) is 13.8. The normalized spacial score (nSPS) is 15.7. The number of nitrogens with zero attached hydrogens (tertiary/aromatic N) is 1. The van der Waals surface area contributed by atoms with Crippen LogP contribution in [0.15, 0.2) is 33.9 Å². The molecule has 8 heteroatoms. The van der Waals surface area contributed by atoms with Gasteiger partial charge in [0.25, 0.3) is 5.56 Å². The second-order valence-electron chi connectivity index (χ2n) is 5.28. The van der Waals surface area contributed by atoms with Crippen molar-refractivity contribution in [2.45, 2.75) is 12.8 Å². The van der Waals surface area contributed by atoms with E-state index in [-0.39, 0.29) is 5.88 Å². The molecule has 0 saturated heterocycles. The summed E-state index contributed by atoms with van der Waals surface area (Å²) in [6.07, 6.45) is 0. The third-order valence-electron chi connectivity index (χ3n) is 3.90. The highest BCUT2D eigenvalue weighted by Gasteiger charge is 2.36. The van der Waals surface area contributed by atoms with E-state index in [1.807, 2.05) is 25.1 Å². The minimum absolute atomic E-state index is 0.0858. The highest BCUT2D eigenvalue weighted by molar-refractivity contribution is 6.31. The first-order valence-corrected chi connectivity index (χ1v) is 7.27. The van der Waals surface area contributed by atoms with Crippen molar-refractivity contribution >= 4 is 11.6 Å². The van der Waals surface area contributed by atoms with Crippen LogP contribution >= 0.6 is 11.6 Å². The van der Waals surface area contributed by atoms with Crippen LogP contribution < -0.4 is 16.0 Å². The monoisotopic (exact) mass is 330 g/mol. The molecule has 1 aliphatic rings. The number of aromatic amines is 3. The van der Waals surface area contributed by atoms with E-state index in [0.717, 1.165) is 16.8 Å². The minimum atomic E-state index is -0.637. The number of aromatic nitrogens is 4. The summed E-state index contributed by atoms with van der Waals surface area (Å²) in [5.41, 5.74) is 1.38. The zero-order valence-corrected chi connectivity index (χ0v) is 12.7. The van der Waals surface area contributed by atoms with Gasteiger partial charge in [-0.05, 0) is 18.6 Å². The lowest BCUT2D eigenvalue weighted by Crippen LogP contribution is -2.30. The molecule has 3 N–H and O–H groups in total. The van der Waals surface area contributed by atoms with Gasteiger partial charge in [0.05, 0.1) is 11.5 Å². The lowest BCUT2D eigenvalue weighted by atomic mass is 9.85. The smallest absolute Gasteiger partial charge is 0.328 e. The van der Waals surface area contributed by atoms with E-state index in [1.54, 1.807) is 6.07 Å². The Bertz CT molecular complexity index is 1030. The number of fused-ring (bicyclic) bond motifs is 2. The fourth-order valence-electron chi connectivity index (χ4n) is 2.91. The Morgan fingerprint density at radius 3 is 2.74 bits per heavy atom. The molecule has 23 heavy (non-hydrogen) atoms. The second kappa shape index (κ2) is 4.85. The Morgan fingerprint density at radius 2 is 1.96 bits per heavy atom. The summed E-state index contributed by atoms with van der Waals surface area (Å²) in [7, 11) is 0. The maximum absolute atomic E-state index is 12.4. The SMILES string of the molecule is Cc1[nH]nc2c1C(c1ccccc1Cl)c1c([nH]c(=O)[nH]c1=O)O2. The van der Waals surface area contributed by atoms with Crippen LogP contribution in [0.4, 0.5) is 0 Å². The summed E-state index contributed by atoms with van der Waals surface area (Å²) in [5.74, 6) is -0.0781. The number of hydrogen-bond acceptors (Lipinski definition) is 4. The second-order valence-corrected chi connectivity index (χ2v) is 5.68. The van der Waals surface area contributed by atoms with Crippen LogP contribution in [0.3, 0.4) is 0 Å². The Labute approximate surface area is 134 Å². The summed E-state index contributed by atoms with van der Waals surface area (Å²) >= 11 is 6.34. The average Bonchev–Trinajstić information content (AvgIpc) is 2.87. The molecule has 3 aromatic rings. The Kier molecular flexibility index (Phi) is 2.92. The zero-order valence-electron chi connectivity index (χ0n) is 11.9. The highest BCUT2D eigenvalue weighted by atomic mass is 35.5. The molecule has 4 rings (SSSR count). The first-order valence-electron chi connectivity index (χ1n) is 6.90. The zero-order chi connectivity index (χ0) is 16.1. The van der Waals surface area contributed by atoms with Gasteiger partial charge in [0.2, 0.25) is 11.8 Å². The molecule has 116 valence electrons. The third-order valence-corrected chi connectivity index (χ3v) is 4.24. The molecule has 0 spiro atoms. The number of rotatable bonds is 1. The molecule has 3 heterocycles. The Morgan fingerprint density at radius 1 is 1.17 bits per heavy atom. The van der Waals surface area contributed by atoms with E-state index in [1.165, 1.54) is 0 Å². The van der Waals surface area contributed by atoms with Crippen molar-refractivity contribution in [2.24, 2.45) is 0 Å². The van der Waals surface area contributed by atoms with Crippen molar-refractivity contribution in [3.05, 3.63) is 72.5 Å². The molecular formula is C15H11ClN4O3. The summed E-state index contributed by atoms with van der Waals surface area (Å²) in [6, 6.07) is 7.24. The third kappa shape index (κ3) is 2.01. The maximum Gasteiger partial charge on any atom is 0.328 e. The van der Waals surface area contributed by atoms with Gasteiger partial charge >= 0.3 is 5.69 Å². The molecule has 0 bridgehead atoms.